The summed E-state index contributed by atoms with van der Waals surface area (Å²) in [5, 5.41) is 33.9. The molecule has 5 atom stereocenters. The quantitative estimate of drug-likeness (QED) is 0.516. The van der Waals surface area contributed by atoms with Crippen molar-refractivity contribution in [2.24, 2.45) is 5.10 Å². The average molecular weight is 244 g/mol. The standard InChI is InChI=1S/C10H16N2O5/c1-4-3-6(13)12(11-4)10-9(16)8(15)7(14)5(2)17-10/h5,7-10,14-16H,3H2,1-2H3/t5-,7+,8+,9-,10?/m0/s1. The van der Waals surface area contributed by atoms with Crippen molar-refractivity contribution in [3.05, 3.63) is 0 Å². The Morgan fingerprint density at radius 2 is 1.94 bits per heavy atom. The molecule has 1 saturated heterocycles. The highest BCUT2D eigenvalue weighted by Crippen LogP contribution is 2.26. The van der Waals surface area contributed by atoms with Crippen molar-refractivity contribution in [2.75, 3.05) is 0 Å². The van der Waals surface area contributed by atoms with Gasteiger partial charge in [0.2, 0.25) is 0 Å². The highest BCUT2D eigenvalue weighted by atomic mass is 16.6. The minimum absolute atomic E-state index is 0.180. The van der Waals surface area contributed by atoms with E-state index in [0.29, 0.717) is 5.71 Å². The Kier molecular flexibility index (Phi) is 3.17. The van der Waals surface area contributed by atoms with Gasteiger partial charge in [0.1, 0.15) is 18.3 Å². The van der Waals surface area contributed by atoms with Crippen LogP contribution in [0.15, 0.2) is 5.10 Å². The average Bonchev–Trinajstić information content (AvgIpc) is 2.60. The van der Waals surface area contributed by atoms with Crippen LogP contribution in [0.2, 0.25) is 0 Å². The smallest absolute Gasteiger partial charge is 0.250 e. The van der Waals surface area contributed by atoms with E-state index in [2.05, 4.69) is 5.10 Å². The van der Waals surface area contributed by atoms with E-state index in [-0.39, 0.29) is 12.3 Å². The molecule has 1 unspecified atom stereocenters. The maximum Gasteiger partial charge on any atom is 0.250 e. The van der Waals surface area contributed by atoms with Gasteiger partial charge in [-0.2, -0.15) is 5.10 Å². The maximum absolute atomic E-state index is 11.6. The van der Waals surface area contributed by atoms with E-state index >= 15 is 0 Å². The van der Waals surface area contributed by atoms with Crippen LogP contribution >= 0.6 is 0 Å². The number of hydrazone groups is 1. The SMILES string of the molecule is CC1=NN(C2O[C@@H](C)[C@@H](O)[C@@H](O)[C@@H]2O)C(=O)C1. The van der Waals surface area contributed by atoms with Crippen molar-refractivity contribution in [1.82, 2.24) is 5.01 Å². The first-order valence-corrected chi connectivity index (χ1v) is 5.47. The molecule has 2 heterocycles. The van der Waals surface area contributed by atoms with Crippen molar-refractivity contribution < 1.29 is 24.9 Å². The molecule has 0 aromatic heterocycles. The van der Waals surface area contributed by atoms with Gasteiger partial charge >= 0.3 is 0 Å². The zero-order chi connectivity index (χ0) is 12.7. The van der Waals surface area contributed by atoms with Gasteiger partial charge in [-0.1, -0.05) is 0 Å². The summed E-state index contributed by atoms with van der Waals surface area (Å²) in [5.74, 6) is -0.290. The molecule has 1 fully saturated rings. The lowest BCUT2D eigenvalue weighted by Crippen LogP contribution is -2.61. The third kappa shape index (κ3) is 2.06. The molecule has 96 valence electrons. The van der Waals surface area contributed by atoms with Crippen LogP contribution in [0.25, 0.3) is 0 Å². The Bertz CT molecular complexity index is 359. The molecule has 0 aromatic carbocycles. The lowest BCUT2D eigenvalue weighted by molar-refractivity contribution is -0.251. The second-order valence-electron chi connectivity index (χ2n) is 4.45. The topological polar surface area (TPSA) is 103 Å². The number of amides is 1. The van der Waals surface area contributed by atoms with Crippen molar-refractivity contribution in [2.45, 2.75) is 50.9 Å². The minimum atomic E-state index is -1.38. The summed E-state index contributed by atoms with van der Waals surface area (Å²) >= 11 is 0. The Labute approximate surface area is 98.3 Å². The molecule has 1 amide bonds. The monoisotopic (exact) mass is 244 g/mol. The number of rotatable bonds is 1. The third-order valence-corrected chi connectivity index (χ3v) is 3.01. The number of carbonyl (C=O) groups excluding carboxylic acids is 1. The number of ether oxygens (including phenoxy) is 1. The predicted molar refractivity (Wildman–Crippen MR) is 56.9 cm³/mol. The first kappa shape index (κ1) is 12.4. The first-order chi connectivity index (χ1) is 7.91. The van der Waals surface area contributed by atoms with Crippen molar-refractivity contribution in [1.29, 1.82) is 0 Å². The van der Waals surface area contributed by atoms with E-state index in [1.165, 1.54) is 0 Å². The fourth-order valence-electron chi connectivity index (χ4n) is 2.01. The molecule has 7 nitrogen and oxygen atoms in total. The summed E-state index contributed by atoms with van der Waals surface area (Å²) in [6.45, 7) is 3.26. The second-order valence-corrected chi connectivity index (χ2v) is 4.45. The zero-order valence-electron chi connectivity index (χ0n) is 9.65. The molecule has 2 aliphatic heterocycles. The second kappa shape index (κ2) is 4.34. The molecule has 0 bridgehead atoms. The fourth-order valence-corrected chi connectivity index (χ4v) is 2.01. The molecule has 2 aliphatic rings. The number of aliphatic hydroxyl groups excluding tert-OH is 3. The van der Waals surface area contributed by atoms with Crippen LogP contribution in [0.3, 0.4) is 0 Å². The van der Waals surface area contributed by atoms with Gasteiger partial charge < -0.3 is 20.1 Å². The number of nitrogens with zero attached hydrogens (tertiary/aromatic N) is 2. The summed E-state index contributed by atoms with van der Waals surface area (Å²) in [4.78, 5) is 11.6. The van der Waals surface area contributed by atoms with E-state index in [1.807, 2.05) is 0 Å². The largest absolute Gasteiger partial charge is 0.388 e. The minimum Gasteiger partial charge on any atom is -0.388 e. The molecule has 0 spiro atoms. The van der Waals surface area contributed by atoms with E-state index in [4.69, 9.17) is 4.74 Å². The van der Waals surface area contributed by atoms with E-state index < -0.39 is 30.6 Å². The van der Waals surface area contributed by atoms with Crippen LogP contribution in [0.5, 0.6) is 0 Å². The highest BCUT2D eigenvalue weighted by Gasteiger charge is 2.46. The molecule has 0 aromatic rings. The molecule has 0 aliphatic carbocycles. The van der Waals surface area contributed by atoms with Crippen LogP contribution in [-0.2, 0) is 9.53 Å². The summed E-state index contributed by atoms with van der Waals surface area (Å²) < 4.78 is 5.32. The molecular weight excluding hydrogens is 228 g/mol. The number of aliphatic hydroxyl groups is 3. The Hall–Kier alpha value is -1.02. The molecular formula is C10H16N2O5. The van der Waals surface area contributed by atoms with Gasteiger partial charge in [-0.05, 0) is 13.8 Å². The van der Waals surface area contributed by atoms with Crippen molar-refractivity contribution in [3.8, 4) is 0 Å². The van der Waals surface area contributed by atoms with Gasteiger partial charge in [0.25, 0.3) is 5.91 Å². The summed E-state index contributed by atoms with van der Waals surface area (Å²) in [6.07, 6.45) is -5.45. The van der Waals surface area contributed by atoms with Gasteiger partial charge in [-0.15, -0.1) is 0 Å². The number of hydrogen-bond donors (Lipinski definition) is 3. The van der Waals surface area contributed by atoms with Crippen LogP contribution in [0.1, 0.15) is 20.3 Å². The Balaban J connectivity index is 2.18. The van der Waals surface area contributed by atoms with E-state index in [1.54, 1.807) is 13.8 Å². The van der Waals surface area contributed by atoms with Crippen LogP contribution in [-0.4, -0.2) is 62.6 Å². The molecule has 0 saturated carbocycles. The molecule has 7 heteroatoms. The highest BCUT2D eigenvalue weighted by molar-refractivity contribution is 6.03. The normalized spacial score (nSPS) is 42.9. The van der Waals surface area contributed by atoms with Crippen molar-refractivity contribution in [3.63, 3.8) is 0 Å². The van der Waals surface area contributed by atoms with Gasteiger partial charge in [0, 0.05) is 5.71 Å². The van der Waals surface area contributed by atoms with Gasteiger partial charge in [-0.25, -0.2) is 5.01 Å². The van der Waals surface area contributed by atoms with E-state index in [0.717, 1.165) is 5.01 Å². The summed E-state index contributed by atoms with van der Waals surface area (Å²) in [5.41, 5.74) is 0.624. The predicted octanol–water partition coefficient (Wildman–Crippen LogP) is -1.58. The Morgan fingerprint density at radius 1 is 1.29 bits per heavy atom. The number of carbonyl (C=O) groups is 1. The van der Waals surface area contributed by atoms with E-state index in [9.17, 15) is 20.1 Å². The molecule has 3 N–H and O–H groups in total. The van der Waals surface area contributed by atoms with Crippen molar-refractivity contribution >= 4 is 11.6 Å². The third-order valence-electron chi connectivity index (χ3n) is 3.01. The summed E-state index contributed by atoms with van der Waals surface area (Å²) in [7, 11) is 0. The lowest BCUT2D eigenvalue weighted by atomic mass is 9.99. The summed E-state index contributed by atoms with van der Waals surface area (Å²) in [6, 6.07) is 0. The van der Waals surface area contributed by atoms with Gasteiger partial charge in [0.05, 0.1) is 12.5 Å². The molecule has 2 rings (SSSR count). The van der Waals surface area contributed by atoms with Crippen LogP contribution in [0, 0.1) is 0 Å². The lowest BCUT2D eigenvalue weighted by Gasteiger charge is -2.41. The maximum atomic E-state index is 11.6. The van der Waals surface area contributed by atoms with Crippen LogP contribution < -0.4 is 0 Å². The number of hydrogen-bond acceptors (Lipinski definition) is 6. The van der Waals surface area contributed by atoms with Crippen LogP contribution in [0.4, 0.5) is 0 Å². The first-order valence-electron chi connectivity index (χ1n) is 5.47. The molecule has 0 radical (unpaired) electrons. The van der Waals surface area contributed by atoms with Gasteiger partial charge in [-0.3, -0.25) is 4.79 Å². The Morgan fingerprint density at radius 3 is 2.47 bits per heavy atom. The van der Waals surface area contributed by atoms with Gasteiger partial charge in [0.15, 0.2) is 6.23 Å². The molecule has 17 heavy (non-hydrogen) atoms. The fraction of sp³-hybridized carbons (Fsp3) is 0.800. The zero-order valence-corrected chi connectivity index (χ0v) is 9.65.